The Balaban J connectivity index is 1.61. The largest absolute Gasteiger partial charge is 0.325 e. The molecular weight excluding hydrogens is 396 g/mol. The van der Waals surface area contributed by atoms with Gasteiger partial charge in [0.25, 0.3) is 0 Å². The van der Waals surface area contributed by atoms with E-state index >= 15 is 0 Å². The lowest BCUT2D eigenvalue weighted by atomic mass is 10.1. The van der Waals surface area contributed by atoms with Crippen LogP contribution in [-0.4, -0.2) is 45.8 Å². The number of nitrogens with one attached hydrogen (secondary N) is 1. The van der Waals surface area contributed by atoms with Gasteiger partial charge >= 0.3 is 0 Å². The van der Waals surface area contributed by atoms with Crippen LogP contribution in [0.5, 0.6) is 0 Å². The van der Waals surface area contributed by atoms with Crippen LogP contribution in [0.2, 0.25) is 0 Å². The number of anilines is 1. The van der Waals surface area contributed by atoms with Crippen molar-refractivity contribution in [2.45, 2.75) is 44.0 Å². The molecule has 28 heavy (non-hydrogen) atoms. The van der Waals surface area contributed by atoms with Gasteiger partial charge in [0.05, 0.1) is 16.8 Å². The fourth-order valence-electron chi connectivity index (χ4n) is 3.32. The predicted molar refractivity (Wildman–Crippen MR) is 111 cm³/mol. The molecule has 1 amide bonds. The molecule has 7 nitrogen and oxygen atoms in total. The molecule has 152 valence electrons. The maximum atomic E-state index is 12.6. The summed E-state index contributed by atoms with van der Waals surface area (Å²) >= 11 is 1.34. The van der Waals surface area contributed by atoms with Gasteiger partial charge in [-0.1, -0.05) is 29.5 Å². The molecule has 0 bridgehead atoms. The second-order valence-corrected chi connectivity index (χ2v) is 11.0. The number of hydrogen-bond acceptors (Lipinski definition) is 6. The fraction of sp³-hybridized carbons (Fsp3) is 0.526. The third-order valence-corrected chi connectivity index (χ3v) is 7.99. The molecule has 0 saturated carbocycles. The average Bonchev–Trinajstić information content (AvgIpc) is 3.13. The van der Waals surface area contributed by atoms with Crippen molar-refractivity contribution in [3.63, 3.8) is 0 Å². The molecule has 0 spiro atoms. The fourth-order valence-corrected chi connectivity index (χ4v) is 6.01. The quantitative estimate of drug-likeness (QED) is 0.719. The summed E-state index contributed by atoms with van der Waals surface area (Å²) in [6.07, 6.45) is 1.26. The number of amides is 1. The number of thioether (sulfide) groups is 1. The SMILES string of the molecule is Cc1ccc(NC(=O)[C@@H](C)Sc2nnc(C[C@@H]3CCS(=O)(=O)C3)n2C)c(C)c1. The molecular formula is C19H26N4O3S2. The Bertz CT molecular complexity index is 985. The Morgan fingerprint density at radius 3 is 2.75 bits per heavy atom. The number of carbonyl (C=O) groups excluding carboxylic acids is 1. The van der Waals surface area contributed by atoms with E-state index in [1.807, 2.05) is 50.6 Å². The van der Waals surface area contributed by atoms with Crippen molar-refractivity contribution in [1.82, 2.24) is 14.8 Å². The van der Waals surface area contributed by atoms with Gasteiger partial charge in [0, 0.05) is 19.2 Å². The van der Waals surface area contributed by atoms with Crippen molar-refractivity contribution in [1.29, 1.82) is 0 Å². The van der Waals surface area contributed by atoms with Gasteiger partial charge in [-0.2, -0.15) is 0 Å². The number of aryl methyl sites for hydroxylation is 2. The van der Waals surface area contributed by atoms with Gasteiger partial charge < -0.3 is 9.88 Å². The number of rotatable bonds is 6. The third-order valence-electron chi connectivity index (χ3n) is 5.01. The maximum absolute atomic E-state index is 12.6. The van der Waals surface area contributed by atoms with Crippen LogP contribution in [0.15, 0.2) is 23.4 Å². The van der Waals surface area contributed by atoms with Crippen LogP contribution < -0.4 is 5.32 Å². The zero-order chi connectivity index (χ0) is 20.5. The first-order chi connectivity index (χ1) is 13.1. The number of carbonyl (C=O) groups is 1. The van der Waals surface area contributed by atoms with Gasteiger partial charge in [-0.25, -0.2) is 8.42 Å². The molecule has 3 rings (SSSR count). The van der Waals surface area contributed by atoms with Crippen LogP contribution in [0, 0.1) is 19.8 Å². The van der Waals surface area contributed by atoms with Gasteiger partial charge in [0.2, 0.25) is 5.91 Å². The normalized spacial score (nSPS) is 19.5. The van der Waals surface area contributed by atoms with E-state index in [1.165, 1.54) is 11.8 Å². The predicted octanol–water partition coefficient (Wildman–Crippen LogP) is 2.53. The summed E-state index contributed by atoms with van der Waals surface area (Å²) in [5.41, 5.74) is 2.99. The smallest absolute Gasteiger partial charge is 0.237 e. The highest BCUT2D eigenvalue weighted by atomic mass is 32.2. The van der Waals surface area contributed by atoms with Gasteiger partial charge in [-0.3, -0.25) is 4.79 Å². The molecule has 1 aromatic heterocycles. The Kier molecular flexibility index (Phi) is 6.14. The van der Waals surface area contributed by atoms with Gasteiger partial charge in [0.15, 0.2) is 15.0 Å². The van der Waals surface area contributed by atoms with Crippen LogP contribution >= 0.6 is 11.8 Å². The van der Waals surface area contributed by atoms with Crippen LogP contribution in [0.4, 0.5) is 5.69 Å². The van der Waals surface area contributed by atoms with Crippen molar-refractivity contribution in [2.75, 3.05) is 16.8 Å². The lowest BCUT2D eigenvalue weighted by Crippen LogP contribution is -2.23. The number of hydrogen-bond donors (Lipinski definition) is 1. The topological polar surface area (TPSA) is 94.0 Å². The summed E-state index contributed by atoms with van der Waals surface area (Å²) in [6, 6.07) is 5.92. The Labute approximate surface area is 170 Å². The molecule has 1 aliphatic rings. The van der Waals surface area contributed by atoms with E-state index in [9.17, 15) is 13.2 Å². The average molecular weight is 423 g/mol. The van der Waals surface area contributed by atoms with E-state index in [1.54, 1.807) is 0 Å². The Morgan fingerprint density at radius 2 is 2.11 bits per heavy atom. The maximum Gasteiger partial charge on any atom is 0.237 e. The molecule has 0 aliphatic carbocycles. The Morgan fingerprint density at radius 1 is 1.36 bits per heavy atom. The minimum absolute atomic E-state index is 0.0935. The van der Waals surface area contributed by atoms with Gasteiger partial charge in [-0.05, 0) is 44.7 Å². The lowest BCUT2D eigenvalue weighted by molar-refractivity contribution is -0.115. The second kappa shape index (κ2) is 8.24. The second-order valence-electron chi connectivity index (χ2n) is 7.50. The molecule has 2 atom stereocenters. The molecule has 2 heterocycles. The summed E-state index contributed by atoms with van der Waals surface area (Å²) in [4.78, 5) is 12.6. The number of sulfone groups is 1. The van der Waals surface area contributed by atoms with Gasteiger partial charge in [-0.15, -0.1) is 10.2 Å². The van der Waals surface area contributed by atoms with E-state index in [2.05, 4.69) is 15.5 Å². The van der Waals surface area contributed by atoms with Crippen LogP contribution in [0.3, 0.4) is 0 Å². The summed E-state index contributed by atoms with van der Waals surface area (Å²) in [7, 11) is -1.05. The first-order valence-corrected chi connectivity index (χ1v) is 12.0. The molecule has 1 saturated heterocycles. The molecule has 2 aromatic rings. The molecule has 9 heteroatoms. The highest BCUT2D eigenvalue weighted by Gasteiger charge is 2.29. The van der Waals surface area contributed by atoms with E-state index in [0.717, 1.165) is 22.6 Å². The zero-order valence-electron chi connectivity index (χ0n) is 16.6. The van der Waals surface area contributed by atoms with Crippen molar-refractivity contribution in [3.8, 4) is 0 Å². The first kappa shape index (κ1) is 20.9. The summed E-state index contributed by atoms with van der Waals surface area (Å²) in [5.74, 6) is 1.23. The Hall–Kier alpha value is -1.87. The van der Waals surface area contributed by atoms with Crippen LogP contribution in [0.1, 0.15) is 30.3 Å². The minimum atomic E-state index is -2.90. The van der Waals surface area contributed by atoms with E-state index in [0.29, 0.717) is 18.0 Å². The molecule has 1 aromatic carbocycles. The van der Waals surface area contributed by atoms with E-state index in [-0.39, 0.29) is 28.6 Å². The molecule has 1 aliphatic heterocycles. The van der Waals surface area contributed by atoms with Crippen LogP contribution in [0.25, 0.3) is 0 Å². The van der Waals surface area contributed by atoms with E-state index in [4.69, 9.17) is 0 Å². The molecule has 1 fully saturated rings. The number of benzene rings is 1. The third kappa shape index (κ3) is 4.94. The van der Waals surface area contributed by atoms with Crippen LogP contribution in [-0.2, 0) is 28.1 Å². The monoisotopic (exact) mass is 422 g/mol. The zero-order valence-corrected chi connectivity index (χ0v) is 18.2. The number of aromatic nitrogens is 3. The molecule has 0 unspecified atom stereocenters. The summed E-state index contributed by atoms with van der Waals surface area (Å²) < 4.78 is 25.1. The van der Waals surface area contributed by atoms with E-state index < -0.39 is 9.84 Å². The summed E-state index contributed by atoms with van der Waals surface area (Å²) in [5, 5.41) is 11.7. The molecule has 1 N–H and O–H groups in total. The standard InChI is InChI=1S/C19H26N4O3S2/c1-12-5-6-16(13(2)9-12)20-18(24)14(3)27-19-22-21-17(23(19)4)10-15-7-8-28(25,26)11-15/h5-6,9,14-15H,7-8,10-11H2,1-4H3,(H,20,24)/t14-,15+/m1/s1. The van der Waals surface area contributed by atoms with Crippen molar-refractivity contribution < 1.29 is 13.2 Å². The van der Waals surface area contributed by atoms with Crippen molar-refractivity contribution in [2.24, 2.45) is 13.0 Å². The van der Waals surface area contributed by atoms with Gasteiger partial charge in [0.1, 0.15) is 5.82 Å². The summed E-state index contributed by atoms with van der Waals surface area (Å²) in [6.45, 7) is 5.82. The highest BCUT2D eigenvalue weighted by Crippen LogP contribution is 2.26. The van der Waals surface area contributed by atoms with Crippen molar-refractivity contribution >= 4 is 33.2 Å². The van der Waals surface area contributed by atoms with Crippen molar-refractivity contribution in [3.05, 3.63) is 35.2 Å². The lowest BCUT2D eigenvalue weighted by Gasteiger charge is -2.14. The first-order valence-electron chi connectivity index (χ1n) is 9.28. The highest BCUT2D eigenvalue weighted by molar-refractivity contribution is 8.00. The number of nitrogens with zero attached hydrogens (tertiary/aromatic N) is 3. The minimum Gasteiger partial charge on any atom is -0.325 e. The molecule has 0 radical (unpaired) electrons.